The van der Waals surface area contributed by atoms with Gasteiger partial charge in [-0.15, -0.1) is 0 Å². The number of hydrogen-bond donors (Lipinski definition) is 0. The zero-order valence-electron chi connectivity index (χ0n) is 13.4. The molecule has 0 fully saturated rings. The molecule has 0 radical (unpaired) electrons. The van der Waals surface area contributed by atoms with Gasteiger partial charge in [-0.25, -0.2) is 0 Å². The van der Waals surface area contributed by atoms with Crippen LogP contribution in [0.5, 0.6) is 0 Å². The molecule has 0 aliphatic rings. The minimum absolute atomic E-state index is 0.0184. The molecule has 1 heterocycles. The van der Waals surface area contributed by atoms with Crippen molar-refractivity contribution in [3.05, 3.63) is 95.2 Å². The van der Waals surface area contributed by atoms with E-state index in [1.165, 1.54) is 5.39 Å². The lowest BCUT2D eigenvalue weighted by Gasteiger charge is -2.07. The highest BCUT2D eigenvalue weighted by Gasteiger charge is 2.10. The third-order valence-corrected chi connectivity index (χ3v) is 4.65. The minimum atomic E-state index is -0.0184. The van der Waals surface area contributed by atoms with Crippen LogP contribution in [-0.4, -0.2) is 0 Å². The fraction of sp³-hybridized carbons (Fsp3) is 0. The van der Waals surface area contributed by atoms with Crippen molar-refractivity contribution in [3.63, 3.8) is 0 Å². The Bertz CT molecular complexity index is 1310. The van der Waals surface area contributed by atoms with Crippen LogP contribution in [0.15, 0.2) is 94.1 Å². The van der Waals surface area contributed by atoms with Gasteiger partial charge in [-0.1, -0.05) is 66.7 Å². The Morgan fingerprint density at radius 2 is 1.32 bits per heavy atom. The van der Waals surface area contributed by atoms with Crippen molar-refractivity contribution in [2.75, 3.05) is 0 Å². The monoisotopic (exact) mass is 322 g/mol. The molecular formula is C23H14O2. The minimum Gasteiger partial charge on any atom is -0.455 e. The van der Waals surface area contributed by atoms with Gasteiger partial charge < -0.3 is 4.42 Å². The number of benzene rings is 4. The first-order valence-corrected chi connectivity index (χ1v) is 8.24. The van der Waals surface area contributed by atoms with Gasteiger partial charge in [0.2, 0.25) is 0 Å². The molecule has 0 amide bonds. The summed E-state index contributed by atoms with van der Waals surface area (Å²) in [5.74, 6) is 0.597. The summed E-state index contributed by atoms with van der Waals surface area (Å²) in [6, 6.07) is 27.6. The van der Waals surface area contributed by atoms with E-state index >= 15 is 0 Å². The largest absolute Gasteiger partial charge is 0.455 e. The summed E-state index contributed by atoms with van der Waals surface area (Å²) in [5, 5.41) is 4.93. The van der Waals surface area contributed by atoms with Crippen molar-refractivity contribution in [2.24, 2.45) is 0 Å². The topological polar surface area (TPSA) is 30.2 Å². The average Bonchev–Trinajstić information content (AvgIpc) is 2.67. The van der Waals surface area contributed by atoms with Gasteiger partial charge in [-0.3, -0.25) is 4.79 Å². The van der Waals surface area contributed by atoms with Crippen LogP contribution in [0.4, 0.5) is 0 Å². The van der Waals surface area contributed by atoms with E-state index in [-0.39, 0.29) is 5.43 Å². The molecule has 2 heteroatoms. The molecule has 5 rings (SSSR count). The maximum Gasteiger partial charge on any atom is 0.193 e. The fourth-order valence-corrected chi connectivity index (χ4v) is 3.37. The summed E-state index contributed by atoms with van der Waals surface area (Å²) in [6.45, 7) is 0. The van der Waals surface area contributed by atoms with Gasteiger partial charge in [0.1, 0.15) is 11.3 Å². The molecule has 0 saturated heterocycles. The molecule has 0 N–H and O–H groups in total. The van der Waals surface area contributed by atoms with Crippen molar-refractivity contribution in [1.82, 2.24) is 0 Å². The first kappa shape index (κ1) is 14.0. The standard InChI is InChI=1S/C23H14O2/c24-21-14-22(18-10-9-15-5-1-2-7-17(15)13-18)25-23-19-8-4-3-6-16(19)11-12-20(21)23/h1-14H. The van der Waals surface area contributed by atoms with Crippen molar-refractivity contribution in [1.29, 1.82) is 0 Å². The molecule has 4 aromatic carbocycles. The molecule has 0 aliphatic carbocycles. The highest BCUT2D eigenvalue weighted by molar-refractivity contribution is 6.04. The molecule has 118 valence electrons. The van der Waals surface area contributed by atoms with Gasteiger partial charge in [-0.05, 0) is 28.3 Å². The quantitative estimate of drug-likeness (QED) is 0.367. The van der Waals surface area contributed by atoms with Crippen molar-refractivity contribution < 1.29 is 4.42 Å². The zero-order chi connectivity index (χ0) is 16.8. The predicted molar refractivity (Wildman–Crippen MR) is 103 cm³/mol. The highest BCUT2D eigenvalue weighted by atomic mass is 16.3. The van der Waals surface area contributed by atoms with E-state index in [1.807, 2.05) is 54.6 Å². The molecule has 5 aromatic rings. The van der Waals surface area contributed by atoms with E-state index in [4.69, 9.17) is 4.42 Å². The lowest BCUT2D eigenvalue weighted by Crippen LogP contribution is -2.00. The normalized spacial score (nSPS) is 11.4. The van der Waals surface area contributed by atoms with E-state index in [1.54, 1.807) is 6.07 Å². The van der Waals surface area contributed by atoms with Crippen LogP contribution >= 0.6 is 0 Å². The van der Waals surface area contributed by atoms with Crippen LogP contribution < -0.4 is 5.43 Å². The summed E-state index contributed by atoms with van der Waals surface area (Å²) in [4.78, 5) is 12.6. The Morgan fingerprint density at radius 3 is 2.20 bits per heavy atom. The third kappa shape index (κ3) is 2.23. The van der Waals surface area contributed by atoms with Crippen LogP contribution in [0.25, 0.3) is 43.8 Å². The van der Waals surface area contributed by atoms with Crippen molar-refractivity contribution in [2.45, 2.75) is 0 Å². The van der Waals surface area contributed by atoms with Gasteiger partial charge in [-0.2, -0.15) is 0 Å². The zero-order valence-corrected chi connectivity index (χ0v) is 13.4. The van der Waals surface area contributed by atoms with Gasteiger partial charge in [0.15, 0.2) is 5.43 Å². The Kier molecular flexibility index (Phi) is 2.98. The number of rotatable bonds is 1. The highest BCUT2D eigenvalue weighted by Crippen LogP contribution is 2.29. The van der Waals surface area contributed by atoms with E-state index in [2.05, 4.69) is 24.3 Å². The van der Waals surface area contributed by atoms with Crippen molar-refractivity contribution in [3.8, 4) is 11.3 Å². The van der Waals surface area contributed by atoms with Gasteiger partial charge >= 0.3 is 0 Å². The molecule has 0 spiro atoms. The molecule has 0 aliphatic heterocycles. The Morgan fingerprint density at radius 1 is 0.600 bits per heavy atom. The molecule has 0 saturated carbocycles. The predicted octanol–water partition coefficient (Wildman–Crippen LogP) is 5.77. The second kappa shape index (κ2) is 5.32. The lowest BCUT2D eigenvalue weighted by atomic mass is 10.0. The second-order valence-electron chi connectivity index (χ2n) is 6.20. The summed E-state index contributed by atoms with van der Waals surface area (Å²) < 4.78 is 6.19. The molecular weight excluding hydrogens is 308 g/mol. The van der Waals surface area contributed by atoms with E-state index in [9.17, 15) is 4.79 Å². The molecule has 25 heavy (non-hydrogen) atoms. The second-order valence-corrected chi connectivity index (χ2v) is 6.20. The first-order chi connectivity index (χ1) is 12.3. The molecule has 0 bridgehead atoms. The first-order valence-electron chi connectivity index (χ1n) is 8.24. The molecule has 0 atom stereocenters. The number of fused-ring (bicyclic) bond motifs is 4. The third-order valence-electron chi connectivity index (χ3n) is 4.65. The van der Waals surface area contributed by atoms with Gasteiger partial charge in [0, 0.05) is 17.0 Å². The lowest BCUT2D eigenvalue weighted by molar-refractivity contribution is 0.622. The van der Waals surface area contributed by atoms with Crippen molar-refractivity contribution >= 4 is 32.5 Å². The summed E-state index contributed by atoms with van der Waals surface area (Å²) >= 11 is 0. The van der Waals surface area contributed by atoms with Crippen LogP contribution in [0, 0.1) is 0 Å². The Balaban J connectivity index is 1.83. The molecule has 0 unspecified atom stereocenters. The van der Waals surface area contributed by atoms with Gasteiger partial charge in [0.05, 0.1) is 5.39 Å². The fourth-order valence-electron chi connectivity index (χ4n) is 3.37. The van der Waals surface area contributed by atoms with E-state index in [0.29, 0.717) is 16.7 Å². The van der Waals surface area contributed by atoms with Crippen LogP contribution in [0.3, 0.4) is 0 Å². The number of hydrogen-bond acceptors (Lipinski definition) is 2. The SMILES string of the molecule is O=c1cc(-c2ccc3ccccc3c2)oc2c1ccc1ccccc12. The van der Waals surface area contributed by atoms with Crippen LogP contribution in [-0.2, 0) is 0 Å². The maximum atomic E-state index is 12.6. The average molecular weight is 322 g/mol. The summed E-state index contributed by atoms with van der Waals surface area (Å²) in [7, 11) is 0. The van der Waals surface area contributed by atoms with Gasteiger partial charge in [0.25, 0.3) is 0 Å². The van der Waals surface area contributed by atoms with Crippen LogP contribution in [0.1, 0.15) is 0 Å². The summed E-state index contributed by atoms with van der Waals surface area (Å²) in [5.41, 5.74) is 1.54. The Labute approximate surface area is 143 Å². The molecule has 2 nitrogen and oxygen atoms in total. The van der Waals surface area contributed by atoms with E-state index in [0.717, 1.165) is 21.7 Å². The smallest absolute Gasteiger partial charge is 0.193 e. The Hall–Kier alpha value is -3.39. The van der Waals surface area contributed by atoms with E-state index < -0.39 is 0 Å². The summed E-state index contributed by atoms with van der Waals surface area (Å²) in [6.07, 6.45) is 0. The maximum absolute atomic E-state index is 12.6. The van der Waals surface area contributed by atoms with Crippen LogP contribution in [0.2, 0.25) is 0 Å². The molecule has 1 aromatic heterocycles.